The SMILES string of the molecule is CC(CO)(COCC(=O)OC1(C)C2CC3CC(C2)CC1C3)COCC(=O)OC1(C)C2CC3CC(C2)CC1C3. The molecule has 214 valence electrons. The fourth-order valence-corrected chi connectivity index (χ4v) is 10.0. The van der Waals surface area contributed by atoms with Gasteiger partial charge in [0.2, 0.25) is 0 Å². The van der Waals surface area contributed by atoms with Gasteiger partial charge < -0.3 is 24.1 Å². The van der Waals surface area contributed by atoms with E-state index >= 15 is 0 Å². The van der Waals surface area contributed by atoms with Crippen LogP contribution in [0.2, 0.25) is 0 Å². The van der Waals surface area contributed by atoms with Gasteiger partial charge in [0.15, 0.2) is 0 Å². The Labute approximate surface area is 227 Å². The lowest BCUT2D eigenvalue weighted by molar-refractivity contribution is -0.208. The zero-order chi connectivity index (χ0) is 26.7. The Bertz CT molecular complexity index is 788. The van der Waals surface area contributed by atoms with Gasteiger partial charge in [0.05, 0.1) is 19.8 Å². The van der Waals surface area contributed by atoms with Crippen molar-refractivity contribution in [3.63, 3.8) is 0 Å². The maximum Gasteiger partial charge on any atom is 0.332 e. The third kappa shape index (κ3) is 4.94. The van der Waals surface area contributed by atoms with E-state index in [2.05, 4.69) is 13.8 Å². The van der Waals surface area contributed by atoms with Gasteiger partial charge in [-0.1, -0.05) is 6.92 Å². The third-order valence-electron chi connectivity index (χ3n) is 11.9. The lowest BCUT2D eigenvalue weighted by atomic mass is 9.50. The van der Waals surface area contributed by atoms with Crippen LogP contribution in [-0.4, -0.2) is 61.3 Å². The van der Waals surface area contributed by atoms with Crippen LogP contribution in [0.3, 0.4) is 0 Å². The Morgan fingerprint density at radius 2 is 0.974 bits per heavy atom. The van der Waals surface area contributed by atoms with Crippen molar-refractivity contribution in [1.82, 2.24) is 0 Å². The molecule has 0 radical (unpaired) electrons. The summed E-state index contributed by atoms with van der Waals surface area (Å²) >= 11 is 0. The summed E-state index contributed by atoms with van der Waals surface area (Å²) in [6.07, 6.45) is 12.2. The van der Waals surface area contributed by atoms with Gasteiger partial charge in [-0.2, -0.15) is 0 Å². The van der Waals surface area contributed by atoms with Crippen molar-refractivity contribution < 1.29 is 33.6 Å². The Morgan fingerprint density at radius 1 is 0.658 bits per heavy atom. The first-order chi connectivity index (χ1) is 18.1. The van der Waals surface area contributed by atoms with Gasteiger partial charge >= 0.3 is 11.9 Å². The fourth-order valence-electron chi connectivity index (χ4n) is 10.0. The van der Waals surface area contributed by atoms with E-state index in [1.165, 1.54) is 64.2 Å². The van der Waals surface area contributed by atoms with Crippen LogP contribution in [0.4, 0.5) is 0 Å². The molecular formula is C31H48O7. The van der Waals surface area contributed by atoms with Crippen LogP contribution in [0, 0.1) is 52.8 Å². The van der Waals surface area contributed by atoms with Gasteiger partial charge in [-0.15, -0.1) is 0 Å². The second-order valence-electron chi connectivity index (χ2n) is 14.9. The summed E-state index contributed by atoms with van der Waals surface area (Å²) < 4.78 is 23.6. The van der Waals surface area contributed by atoms with Crippen molar-refractivity contribution in [2.45, 2.75) is 96.2 Å². The molecule has 0 saturated heterocycles. The molecule has 8 rings (SSSR count). The predicted octanol–water partition coefficient (Wildman–Crippen LogP) is 4.53. The van der Waals surface area contributed by atoms with Gasteiger partial charge in [-0.3, -0.25) is 0 Å². The summed E-state index contributed by atoms with van der Waals surface area (Å²) in [5, 5.41) is 10.0. The molecule has 7 heteroatoms. The largest absolute Gasteiger partial charge is 0.457 e. The molecule has 8 aliphatic carbocycles. The summed E-state index contributed by atoms with van der Waals surface area (Å²) in [7, 11) is 0. The van der Waals surface area contributed by atoms with Crippen LogP contribution in [-0.2, 0) is 28.5 Å². The minimum absolute atomic E-state index is 0.136. The molecule has 7 nitrogen and oxygen atoms in total. The van der Waals surface area contributed by atoms with Gasteiger partial charge in [-0.05, 0) is 125 Å². The maximum absolute atomic E-state index is 12.7. The summed E-state index contributed by atoms with van der Waals surface area (Å²) in [5.74, 6) is 4.51. The van der Waals surface area contributed by atoms with Gasteiger partial charge in [-0.25, -0.2) is 9.59 Å². The number of hydrogen-bond acceptors (Lipinski definition) is 7. The average molecular weight is 533 g/mol. The molecule has 0 heterocycles. The first-order valence-electron chi connectivity index (χ1n) is 15.3. The Kier molecular flexibility index (Phi) is 7.13. The number of carbonyl (C=O) groups is 2. The van der Waals surface area contributed by atoms with Crippen molar-refractivity contribution >= 4 is 11.9 Å². The van der Waals surface area contributed by atoms with Gasteiger partial charge in [0.25, 0.3) is 0 Å². The Hall–Kier alpha value is -1.18. The van der Waals surface area contributed by atoms with Crippen LogP contribution < -0.4 is 0 Å². The highest BCUT2D eigenvalue weighted by molar-refractivity contribution is 5.71. The topological polar surface area (TPSA) is 91.3 Å². The highest BCUT2D eigenvalue weighted by Crippen LogP contribution is 2.60. The van der Waals surface area contributed by atoms with Crippen LogP contribution in [0.5, 0.6) is 0 Å². The van der Waals surface area contributed by atoms with Crippen LogP contribution in [0.15, 0.2) is 0 Å². The van der Waals surface area contributed by atoms with E-state index in [1.54, 1.807) is 0 Å². The van der Waals surface area contributed by atoms with Crippen molar-refractivity contribution in [2.24, 2.45) is 52.8 Å². The summed E-state index contributed by atoms with van der Waals surface area (Å²) in [6, 6.07) is 0. The summed E-state index contributed by atoms with van der Waals surface area (Å²) in [5.41, 5.74) is -1.46. The van der Waals surface area contributed by atoms with Crippen molar-refractivity contribution in [3.05, 3.63) is 0 Å². The van der Waals surface area contributed by atoms with E-state index in [1.807, 2.05) is 6.92 Å². The normalized spacial score (nSPS) is 45.7. The zero-order valence-corrected chi connectivity index (χ0v) is 23.6. The number of aliphatic hydroxyl groups excluding tert-OH is 1. The maximum atomic E-state index is 12.7. The van der Waals surface area contributed by atoms with E-state index < -0.39 is 5.41 Å². The molecule has 1 N–H and O–H groups in total. The van der Waals surface area contributed by atoms with E-state index in [0.29, 0.717) is 23.7 Å². The number of aliphatic hydroxyl groups is 1. The summed E-state index contributed by atoms with van der Waals surface area (Å²) in [6.45, 7) is 5.94. The molecule has 8 aliphatic rings. The number of ether oxygens (including phenoxy) is 4. The molecule has 0 aromatic heterocycles. The van der Waals surface area contributed by atoms with E-state index in [4.69, 9.17) is 18.9 Å². The first kappa shape index (κ1) is 27.0. The fraction of sp³-hybridized carbons (Fsp3) is 0.935. The van der Waals surface area contributed by atoms with E-state index in [-0.39, 0.29) is 56.2 Å². The molecule has 8 bridgehead atoms. The number of esters is 2. The predicted molar refractivity (Wildman–Crippen MR) is 140 cm³/mol. The molecule has 0 aromatic carbocycles. The lowest BCUT2D eigenvalue weighted by Crippen LogP contribution is -2.58. The molecule has 0 atom stereocenters. The second-order valence-corrected chi connectivity index (χ2v) is 14.9. The molecule has 8 fully saturated rings. The third-order valence-corrected chi connectivity index (χ3v) is 11.9. The first-order valence-corrected chi connectivity index (χ1v) is 15.3. The van der Waals surface area contributed by atoms with Crippen LogP contribution >= 0.6 is 0 Å². The molecule has 8 saturated carbocycles. The van der Waals surface area contributed by atoms with E-state index in [0.717, 1.165) is 23.7 Å². The van der Waals surface area contributed by atoms with Gasteiger partial charge in [0, 0.05) is 5.41 Å². The Balaban J connectivity index is 0.926. The van der Waals surface area contributed by atoms with E-state index in [9.17, 15) is 14.7 Å². The summed E-state index contributed by atoms with van der Waals surface area (Å²) in [4.78, 5) is 25.5. The minimum atomic E-state index is -0.723. The van der Waals surface area contributed by atoms with Crippen molar-refractivity contribution in [2.75, 3.05) is 33.0 Å². The quantitative estimate of drug-likeness (QED) is 0.391. The van der Waals surface area contributed by atoms with Crippen LogP contribution in [0.25, 0.3) is 0 Å². The highest BCUT2D eigenvalue weighted by Gasteiger charge is 2.58. The molecule has 0 aliphatic heterocycles. The monoisotopic (exact) mass is 532 g/mol. The smallest absolute Gasteiger partial charge is 0.332 e. The van der Waals surface area contributed by atoms with Gasteiger partial charge in [0.1, 0.15) is 24.4 Å². The van der Waals surface area contributed by atoms with Crippen LogP contribution in [0.1, 0.15) is 85.0 Å². The molecule has 0 aromatic rings. The van der Waals surface area contributed by atoms with Crippen molar-refractivity contribution in [3.8, 4) is 0 Å². The number of hydrogen-bond donors (Lipinski definition) is 1. The molecule has 0 spiro atoms. The minimum Gasteiger partial charge on any atom is -0.457 e. The lowest BCUT2D eigenvalue weighted by Gasteiger charge is -2.59. The number of carbonyl (C=O) groups excluding carboxylic acids is 2. The molecular weight excluding hydrogens is 484 g/mol. The average Bonchev–Trinajstić information content (AvgIpc) is 2.85. The molecule has 0 amide bonds. The standard InChI is InChI=1S/C31H48O7/c1-29(16-32,17-35-14-27(33)37-30(2)23-6-19-4-20(8-23)9-24(30)7-19)18-36-15-28(34)38-31(3)25-10-21-5-22(12-25)13-26(31)11-21/h19-26,32H,4-18H2,1-3H3. The molecule has 38 heavy (non-hydrogen) atoms. The highest BCUT2D eigenvalue weighted by atomic mass is 16.6. The Morgan fingerprint density at radius 3 is 1.26 bits per heavy atom. The number of rotatable bonds is 11. The zero-order valence-electron chi connectivity index (χ0n) is 23.6. The van der Waals surface area contributed by atoms with Crippen molar-refractivity contribution in [1.29, 1.82) is 0 Å². The molecule has 0 unspecified atom stereocenters. The second kappa shape index (κ2) is 10.0.